The third-order valence-corrected chi connectivity index (χ3v) is 6.56. The number of hydrogen-bond acceptors (Lipinski definition) is 4. The number of amides is 2. The van der Waals surface area contributed by atoms with Crippen LogP contribution in [0.3, 0.4) is 0 Å². The lowest BCUT2D eigenvalue weighted by Crippen LogP contribution is -2.47. The van der Waals surface area contributed by atoms with Crippen LogP contribution >= 0.6 is 24.8 Å². The molecule has 3 fully saturated rings. The van der Waals surface area contributed by atoms with Crippen LogP contribution in [0, 0.1) is 11.3 Å². The molecule has 2 amide bonds. The number of hydrogen-bond donors (Lipinski definition) is 2. The fourth-order valence-corrected chi connectivity index (χ4v) is 4.47. The van der Waals surface area contributed by atoms with Crippen molar-refractivity contribution in [3.05, 3.63) is 35.4 Å². The number of carbonyl (C=O) groups excluding carboxylic acids is 2. The Labute approximate surface area is 185 Å². The van der Waals surface area contributed by atoms with E-state index in [4.69, 9.17) is 0 Å². The number of benzene rings is 1. The summed E-state index contributed by atoms with van der Waals surface area (Å²) in [7, 11) is 2.08. The molecular weight excluding hydrogens is 411 g/mol. The van der Waals surface area contributed by atoms with Crippen molar-refractivity contribution >= 4 is 36.6 Å². The Morgan fingerprint density at radius 2 is 1.69 bits per heavy atom. The molecule has 0 bridgehead atoms. The molecule has 1 aliphatic carbocycles. The lowest BCUT2D eigenvalue weighted by Gasteiger charge is -2.32. The van der Waals surface area contributed by atoms with E-state index in [-0.39, 0.29) is 48.0 Å². The van der Waals surface area contributed by atoms with Gasteiger partial charge in [-0.1, -0.05) is 12.1 Å². The van der Waals surface area contributed by atoms with Gasteiger partial charge in [0.05, 0.1) is 0 Å². The first-order chi connectivity index (χ1) is 13.1. The Kier molecular flexibility index (Phi) is 8.35. The second-order valence-electron chi connectivity index (χ2n) is 8.38. The molecule has 1 saturated carbocycles. The van der Waals surface area contributed by atoms with Gasteiger partial charge in [-0.2, -0.15) is 0 Å². The summed E-state index contributed by atoms with van der Waals surface area (Å²) in [5, 5.41) is 6.46. The number of piperazine rings is 1. The third kappa shape index (κ3) is 5.43. The minimum Gasteiger partial charge on any atom is -0.352 e. The molecule has 2 aliphatic heterocycles. The summed E-state index contributed by atoms with van der Waals surface area (Å²) in [6.45, 7) is 6.02. The van der Waals surface area contributed by atoms with Gasteiger partial charge in [0.25, 0.3) is 5.91 Å². The molecule has 1 spiro atoms. The van der Waals surface area contributed by atoms with Crippen LogP contribution in [0.2, 0.25) is 0 Å². The number of rotatable bonds is 4. The van der Waals surface area contributed by atoms with Gasteiger partial charge in [0.2, 0.25) is 5.91 Å². The number of halogens is 2. The van der Waals surface area contributed by atoms with Crippen LogP contribution in [0.15, 0.2) is 24.3 Å². The molecule has 1 unspecified atom stereocenters. The maximum atomic E-state index is 12.6. The molecule has 2 N–H and O–H groups in total. The number of nitrogens with one attached hydrogen (secondary N) is 2. The number of nitrogens with zero attached hydrogens (tertiary/aromatic N) is 2. The second kappa shape index (κ2) is 10.1. The molecule has 1 atom stereocenters. The molecular formula is C21H32Cl2N4O2. The molecule has 162 valence electrons. The molecule has 2 heterocycles. The van der Waals surface area contributed by atoms with Crippen LogP contribution in [0.5, 0.6) is 0 Å². The lowest BCUT2D eigenvalue weighted by atomic mass is 9.92. The summed E-state index contributed by atoms with van der Waals surface area (Å²) < 4.78 is 0. The van der Waals surface area contributed by atoms with E-state index in [1.54, 1.807) is 0 Å². The first-order valence-corrected chi connectivity index (χ1v) is 10.1. The molecule has 1 aromatic carbocycles. The zero-order valence-electron chi connectivity index (χ0n) is 17.0. The quantitative estimate of drug-likeness (QED) is 0.747. The molecule has 3 aliphatic rings. The van der Waals surface area contributed by atoms with Crippen molar-refractivity contribution in [3.63, 3.8) is 0 Å². The van der Waals surface area contributed by atoms with E-state index in [0.29, 0.717) is 6.54 Å². The van der Waals surface area contributed by atoms with E-state index < -0.39 is 0 Å². The van der Waals surface area contributed by atoms with Crippen molar-refractivity contribution in [1.82, 2.24) is 20.4 Å². The molecule has 29 heavy (non-hydrogen) atoms. The van der Waals surface area contributed by atoms with Gasteiger partial charge in [-0.05, 0) is 62.5 Å². The van der Waals surface area contributed by atoms with Crippen LogP contribution in [-0.2, 0) is 11.3 Å². The highest BCUT2D eigenvalue weighted by molar-refractivity contribution is 5.94. The Morgan fingerprint density at radius 3 is 2.31 bits per heavy atom. The highest BCUT2D eigenvalue weighted by atomic mass is 35.5. The van der Waals surface area contributed by atoms with Gasteiger partial charge in [-0.15, -0.1) is 24.8 Å². The van der Waals surface area contributed by atoms with Gasteiger partial charge in [0.1, 0.15) is 0 Å². The van der Waals surface area contributed by atoms with Crippen LogP contribution < -0.4 is 10.6 Å². The van der Waals surface area contributed by atoms with Gasteiger partial charge < -0.3 is 20.4 Å². The van der Waals surface area contributed by atoms with Gasteiger partial charge in [0.15, 0.2) is 0 Å². The average Bonchev–Trinajstić information content (AvgIpc) is 3.40. The predicted molar refractivity (Wildman–Crippen MR) is 119 cm³/mol. The highest BCUT2D eigenvalue weighted by Gasteiger charge is 2.57. The smallest absolute Gasteiger partial charge is 0.253 e. The van der Waals surface area contributed by atoms with Gasteiger partial charge >= 0.3 is 0 Å². The van der Waals surface area contributed by atoms with Crippen molar-refractivity contribution in [2.75, 3.05) is 46.3 Å². The van der Waals surface area contributed by atoms with Crippen molar-refractivity contribution in [2.24, 2.45) is 11.3 Å². The molecule has 8 heteroatoms. The SMILES string of the molecule is CN1CCN(C(=O)c2ccc(CNC(=O)C3CC34CCNCC4)cc2)CC1.Cl.Cl. The molecule has 1 aromatic rings. The zero-order chi connectivity index (χ0) is 18.9. The Morgan fingerprint density at radius 1 is 1.07 bits per heavy atom. The van der Waals surface area contributed by atoms with Crippen LogP contribution in [-0.4, -0.2) is 67.9 Å². The minimum absolute atomic E-state index is 0. The minimum atomic E-state index is 0. The first-order valence-electron chi connectivity index (χ1n) is 10.1. The predicted octanol–water partition coefficient (Wildman–Crippen LogP) is 1.92. The molecule has 0 aromatic heterocycles. The van der Waals surface area contributed by atoms with Crippen molar-refractivity contribution in [1.29, 1.82) is 0 Å². The van der Waals surface area contributed by atoms with Crippen LogP contribution in [0.25, 0.3) is 0 Å². The third-order valence-electron chi connectivity index (χ3n) is 6.56. The zero-order valence-corrected chi connectivity index (χ0v) is 18.6. The normalized spacial score (nSPS) is 22.9. The monoisotopic (exact) mass is 442 g/mol. The topological polar surface area (TPSA) is 64.7 Å². The highest BCUT2D eigenvalue weighted by Crippen LogP contribution is 2.58. The Bertz CT molecular complexity index is 699. The van der Waals surface area contributed by atoms with Crippen molar-refractivity contribution in [3.8, 4) is 0 Å². The van der Waals surface area contributed by atoms with Gasteiger partial charge in [-0.25, -0.2) is 0 Å². The van der Waals surface area contributed by atoms with E-state index in [2.05, 4.69) is 22.6 Å². The molecule has 0 radical (unpaired) electrons. The largest absolute Gasteiger partial charge is 0.352 e. The standard InChI is InChI=1S/C21H30N4O2.2ClH/c1-24-10-12-25(13-11-24)20(27)17-4-2-16(3-5-17)15-23-19(26)18-14-21(18)6-8-22-9-7-21;;/h2-5,18,22H,6-15H2,1H3,(H,23,26);2*1H. The lowest BCUT2D eigenvalue weighted by molar-refractivity contribution is -0.123. The molecule has 6 nitrogen and oxygen atoms in total. The summed E-state index contributed by atoms with van der Waals surface area (Å²) in [5.74, 6) is 0.483. The first kappa shape index (κ1) is 23.9. The van der Waals surface area contributed by atoms with Gasteiger partial charge in [-0.3, -0.25) is 9.59 Å². The molecule has 2 saturated heterocycles. The number of carbonyl (C=O) groups is 2. The summed E-state index contributed by atoms with van der Waals surface area (Å²) in [6, 6.07) is 7.68. The maximum Gasteiger partial charge on any atom is 0.253 e. The van der Waals surface area contributed by atoms with E-state index in [1.165, 1.54) is 0 Å². The van der Waals surface area contributed by atoms with Gasteiger partial charge in [0, 0.05) is 44.2 Å². The van der Waals surface area contributed by atoms with Crippen LogP contribution in [0.1, 0.15) is 35.2 Å². The van der Waals surface area contributed by atoms with E-state index >= 15 is 0 Å². The Hall–Kier alpha value is -1.34. The van der Waals surface area contributed by atoms with E-state index in [1.807, 2.05) is 29.2 Å². The summed E-state index contributed by atoms with van der Waals surface area (Å²) in [6.07, 6.45) is 3.28. The van der Waals surface area contributed by atoms with Crippen molar-refractivity contribution < 1.29 is 9.59 Å². The summed E-state index contributed by atoms with van der Waals surface area (Å²) in [5.41, 5.74) is 2.04. The maximum absolute atomic E-state index is 12.6. The van der Waals surface area contributed by atoms with E-state index in [9.17, 15) is 9.59 Å². The summed E-state index contributed by atoms with van der Waals surface area (Å²) >= 11 is 0. The molecule has 4 rings (SSSR count). The summed E-state index contributed by atoms with van der Waals surface area (Å²) in [4.78, 5) is 29.2. The number of likely N-dealkylation sites (N-methyl/N-ethyl adjacent to an activating group) is 1. The number of piperidine rings is 1. The fourth-order valence-electron chi connectivity index (χ4n) is 4.47. The fraction of sp³-hybridized carbons (Fsp3) is 0.619. The van der Waals surface area contributed by atoms with E-state index in [0.717, 1.165) is 69.7 Å². The second-order valence-corrected chi connectivity index (χ2v) is 8.38. The average molecular weight is 443 g/mol. The van der Waals surface area contributed by atoms with Crippen LogP contribution in [0.4, 0.5) is 0 Å². The van der Waals surface area contributed by atoms with Crippen molar-refractivity contribution in [2.45, 2.75) is 25.8 Å². The Balaban J connectivity index is 0.00000150.